The van der Waals surface area contributed by atoms with Crippen molar-refractivity contribution in [3.63, 3.8) is 0 Å². The fourth-order valence-corrected chi connectivity index (χ4v) is 1.83. The lowest BCUT2D eigenvalue weighted by atomic mass is 10.00. The van der Waals surface area contributed by atoms with Gasteiger partial charge in [0, 0.05) is 5.56 Å². The fraction of sp³-hybridized carbons (Fsp3) is 0.286. The first kappa shape index (κ1) is 11.6. The van der Waals surface area contributed by atoms with Crippen LogP contribution in [0.4, 0.5) is 5.82 Å². The number of nitrogens with zero attached hydrogens (tertiary/aromatic N) is 2. The van der Waals surface area contributed by atoms with Gasteiger partial charge in [-0.2, -0.15) is 0 Å². The van der Waals surface area contributed by atoms with Gasteiger partial charge >= 0.3 is 0 Å². The van der Waals surface area contributed by atoms with Gasteiger partial charge in [0.25, 0.3) is 0 Å². The standard InChI is InChI=1S/C14H17N3/c1-10(2)8-11-4-3-5-12(9-11)13-6-7-14(15)17-16-13/h3-7,9-10H,8H2,1-2H3,(H2,15,17). The number of nitrogen functional groups attached to an aromatic ring is 1. The number of aromatic nitrogens is 2. The minimum Gasteiger partial charge on any atom is -0.382 e. The van der Waals surface area contributed by atoms with Gasteiger partial charge in [0.1, 0.15) is 5.82 Å². The summed E-state index contributed by atoms with van der Waals surface area (Å²) in [7, 11) is 0. The molecule has 0 aliphatic rings. The van der Waals surface area contributed by atoms with Crippen LogP contribution in [0.5, 0.6) is 0 Å². The molecule has 1 aromatic heterocycles. The summed E-state index contributed by atoms with van der Waals surface area (Å²) in [4.78, 5) is 0. The molecule has 3 nitrogen and oxygen atoms in total. The van der Waals surface area contributed by atoms with Crippen molar-refractivity contribution in [3.05, 3.63) is 42.0 Å². The summed E-state index contributed by atoms with van der Waals surface area (Å²) in [6.45, 7) is 4.44. The molecule has 0 amide bonds. The predicted octanol–water partition coefficient (Wildman–Crippen LogP) is 2.92. The first-order valence-electron chi connectivity index (χ1n) is 5.83. The molecule has 1 aromatic carbocycles. The van der Waals surface area contributed by atoms with E-state index < -0.39 is 0 Å². The second-order valence-corrected chi connectivity index (χ2v) is 4.64. The largest absolute Gasteiger partial charge is 0.382 e. The molecule has 0 radical (unpaired) electrons. The van der Waals surface area contributed by atoms with Crippen molar-refractivity contribution in [2.45, 2.75) is 20.3 Å². The molecule has 88 valence electrons. The lowest BCUT2D eigenvalue weighted by Crippen LogP contribution is -1.96. The Bertz CT molecular complexity index is 489. The molecule has 0 atom stereocenters. The molecule has 2 aromatic rings. The maximum Gasteiger partial charge on any atom is 0.146 e. The zero-order valence-corrected chi connectivity index (χ0v) is 10.2. The van der Waals surface area contributed by atoms with Crippen LogP contribution in [0.15, 0.2) is 36.4 Å². The maximum absolute atomic E-state index is 5.53. The Balaban J connectivity index is 2.29. The van der Waals surface area contributed by atoms with E-state index in [1.807, 2.05) is 12.1 Å². The Morgan fingerprint density at radius 3 is 2.59 bits per heavy atom. The van der Waals surface area contributed by atoms with Crippen LogP contribution >= 0.6 is 0 Å². The molecule has 0 aliphatic heterocycles. The van der Waals surface area contributed by atoms with Crippen LogP contribution < -0.4 is 5.73 Å². The number of hydrogen-bond donors (Lipinski definition) is 1. The molecular weight excluding hydrogens is 210 g/mol. The predicted molar refractivity (Wildman–Crippen MR) is 70.4 cm³/mol. The number of hydrogen-bond acceptors (Lipinski definition) is 3. The van der Waals surface area contributed by atoms with E-state index >= 15 is 0 Å². The van der Waals surface area contributed by atoms with E-state index in [4.69, 9.17) is 5.73 Å². The van der Waals surface area contributed by atoms with E-state index in [0.717, 1.165) is 17.7 Å². The lowest BCUT2D eigenvalue weighted by molar-refractivity contribution is 0.647. The fourth-order valence-electron chi connectivity index (χ4n) is 1.83. The van der Waals surface area contributed by atoms with Crippen molar-refractivity contribution in [3.8, 4) is 11.3 Å². The van der Waals surface area contributed by atoms with E-state index in [-0.39, 0.29) is 0 Å². The van der Waals surface area contributed by atoms with Gasteiger partial charge in [0.15, 0.2) is 0 Å². The Hall–Kier alpha value is -1.90. The normalized spacial score (nSPS) is 10.8. The first-order chi connectivity index (χ1) is 8.15. The van der Waals surface area contributed by atoms with Gasteiger partial charge in [-0.05, 0) is 36.1 Å². The van der Waals surface area contributed by atoms with Crippen LogP contribution in [0.2, 0.25) is 0 Å². The maximum atomic E-state index is 5.53. The van der Waals surface area contributed by atoms with Gasteiger partial charge in [0.2, 0.25) is 0 Å². The van der Waals surface area contributed by atoms with Gasteiger partial charge in [-0.1, -0.05) is 32.0 Å². The Kier molecular flexibility index (Phi) is 3.38. The Labute approximate surface area is 102 Å². The summed E-state index contributed by atoms with van der Waals surface area (Å²) in [5.74, 6) is 1.11. The van der Waals surface area contributed by atoms with Gasteiger partial charge in [-0.3, -0.25) is 0 Å². The minimum atomic E-state index is 0.451. The van der Waals surface area contributed by atoms with Crippen LogP contribution in [0, 0.1) is 5.92 Å². The molecule has 0 aliphatic carbocycles. The van der Waals surface area contributed by atoms with Crippen LogP contribution in [0.3, 0.4) is 0 Å². The molecule has 17 heavy (non-hydrogen) atoms. The highest BCUT2D eigenvalue weighted by Gasteiger charge is 2.03. The Morgan fingerprint density at radius 1 is 1.12 bits per heavy atom. The van der Waals surface area contributed by atoms with Crippen molar-refractivity contribution in [2.24, 2.45) is 5.92 Å². The topological polar surface area (TPSA) is 51.8 Å². The number of nitrogens with two attached hydrogens (primary N) is 1. The molecule has 1 heterocycles. The van der Waals surface area contributed by atoms with Crippen molar-refractivity contribution in [1.29, 1.82) is 0 Å². The molecule has 2 rings (SSSR count). The Morgan fingerprint density at radius 2 is 1.94 bits per heavy atom. The molecule has 2 N–H and O–H groups in total. The van der Waals surface area contributed by atoms with Crippen LogP contribution in [-0.4, -0.2) is 10.2 Å². The van der Waals surface area contributed by atoms with Gasteiger partial charge in [0.05, 0.1) is 5.69 Å². The second-order valence-electron chi connectivity index (χ2n) is 4.64. The van der Waals surface area contributed by atoms with E-state index in [1.165, 1.54) is 5.56 Å². The molecule has 3 heteroatoms. The zero-order chi connectivity index (χ0) is 12.3. The molecule has 0 fully saturated rings. The summed E-state index contributed by atoms with van der Waals surface area (Å²) in [5, 5.41) is 7.97. The van der Waals surface area contributed by atoms with Crippen molar-refractivity contribution >= 4 is 5.82 Å². The van der Waals surface area contributed by atoms with Crippen LogP contribution in [-0.2, 0) is 6.42 Å². The monoisotopic (exact) mass is 227 g/mol. The SMILES string of the molecule is CC(C)Cc1cccc(-c2ccc(N)nn2)c1. The summed E-state index contributed by atoms with van der Waals surface area (Å²) in [6.07, 6.45) is 1.08. The first-order valence-corrected chi connectivity index (χ1v) is 5.83. The molecule has 0 unspecified atom stereocenters. The number of rotatable bonds is 3. The number of anilines is 1. The molecule has 0 saturated carbocycles. The molecule has 0 spiro atoms. The van der Waals surface area contributed by atoms with E-state index in [0.29, 0.717) is 11.7 Å². The van der Waals surface area contributed by atoms with E-state index in [1.54, 1.807) is 6.07 Å². The smallest absolute Gasteiger partial charge is 0.146 e. The van der Waals surface area contributed by atoms with E-state index in [2.05, 4.69) is 42.2 Å². The summed E-state index contributed by atoms with van der Waals surface area (Å²) in [5.41, 5.74) is 8.82. The van der Waals surface area contributed by atoms with Crippen molar-refractivity contribution in [1.82, 2.24) is 10.2 Å². The third kappa shape index (κ3) is 3.03. The third-order valence-corrected chi connectivity index (χ3v) is 2.55. The molecular formula is C14H17N3. The zero-order valence-electron chi connectivity index (χ0n) is 10.2. The highest BCUT2D eigenvalue weighted by atomic mass is 15.1. The van der Waals surface area contributed by atoms with Gasteiger partial charge in [-0.15, -0.1) is 10.2 Å². The summed E-state index contributed by atoms with van der Waals surface area (Å²) >= 11 is 0. The third-order valence-electron chi connectivity index (χ3n) is 2.55. The average molecular weight is 227 g/mol. The highest BCUT2D eigenvalue weighted by molar-refractivity contribution is 5.60. The summed E-state index contributed by atoms with van der Waals surface area (Å²) < 4.78 is 0. The van der Waals surface area contributed by atoms with E-state index in [9.17, 15) is 0 Å². The quantitative estimate of drug-likeness (QED) is 0.877. The molecule has 0 saturated heterocycles. The van der Waals surface area contributed by atoms with Crippen LogP contribution in [0.25, 0.3) is 11.3 Å². The average Bonchev–Trinajstić information content (AvgIpc) is 2.29. The lowest BCUT2D eigenvalue weighted by Gasteiger charge is -2.07. The number of benzene rings is 1. The molecule has 0 bridgehead atoms. The van der Waals surface area contributed by atoms with Crippen molar-refractivity contribution in [2.75, 3.05) is 5.73 Å². The van der Waals surface area contributed by atoms with Crippen molar-refractivity contribution < 1.29 is 0 Å². The van der Waals surface area contributed by atoms with Gasteiger partial charge < -0.3 is 5.73 Å². The highest BCUT2D eigenvalue weighted by Crippen LogP contribution is 2.19. The second kappa shape index (κ2) is 4.95. The van der Waals surface area contributed by atoms with Gasteiger partial charge in [-0.25, -0.2) is 0 Å². The minimum absolute atomic E-state index is 0.451. The van der Waals surface area contributed by atoms with Crippen LogP contribution in [0.1, 0.15) is 19.4 Å². The summed E-state index contributed by atoms with van der Waals surface area (Å²) in [6, 6.07) is 12.1.